The lowest BCUT2D eigenvalue weighted by molar-refractivity contribution is -0.0231. The number of hydrogen-bond donors (Lipinski definition) is 1. The van der Waals surface area contributed by atoms with Crippen LogP contribution in [0, 0.1) is 11.8 Å². The number of ether oxygens (including phenoxy) is 3. The van der Waals surface area contributed by atoms with Gasteiger partial charge in [-0.2, -0.15) is 0 Å². The van der Waals surface area contributed by atoms with Crippen LogP contribution in [-0.4, -0.2) is 60.5 Å². The van der Waals surface area contributed by atoms with Crippen LogP contribution in [0.2, 0.25) is 0 Å². The van der Waals surface area contributed by atoms with Crippen LogP contribution in [0.5, 0.6) is 11.5 Å². The molecule has 1 saturated carbocycles. The SMILES string of the molecule is COC(=O)c1cccc(O[C@@H]2C[C@@H]3CN(Cc4ccc(OC)cn4)C[C@@H]3C[C@H]2O)c1. The van der Waals surface area contributed by atoms with Crippen LogP contribution in [0.4, 0.5) is 0 Å². The third kappa shape index (κ3) is 4.57. The highest BCUT2D eigenvalue weighted by Gasteiger charge is 2.42. The first-order chi connectivity index (χ1) is 14.6. The predicted octanol–water partition coefficient (Wildman–Crippen LogP) is 2.53. The number of aliphatic hydroxyl groups excluding tert-OH is 1. The second-order valence-electron chi connectivity index (χ2n) is 8.12. The van der Waals surface area contributed by atoms with Crippen molar-refractivity contribution in [1.82, 2.24) is 9.88 Å². The number of carbonyl (C=O) groups is 1. The molecule has 2 fully saturated rings. The molecular weight excluding hydrogens is 384 g/mol. The minimum absolute atomic E-state index is 0.279. The molecule has 2 aliphatic rings. The largest absolute Gasteiger partial charge is 0.495 e. The van der Waals surface area contributed by atoms with Gasteiger partial charge in [-0.1, -0.05) is 6.07 Å². The van der Waals surface area contributed by atoms with Crippen molar-refractivity contribution < 1.29 is 24.1 Å². The quantitative estimate of drug-likeness (QED) is 0.730. The third-order valence-electron chi connectivity index (χ3n) is 6.12. The number of esters is 1. The fraction of sp³-hybridized carbons (Fsp3) is 0.478. The van der Waals surface area contributed by atoms with Gasteiger partial charge in [0, 0.05) is 19.6 Å². The highest BCUT2D eigenvalue weighted by atomic mass is 16.5. The highest BCUT2D eigenvalue weighted by molar-refractivity contribution is 5.89. The Morgan fingerprint density at radius 1 is 1.13 bits per heavy atom. The van der Waals surface area contributed by atoms with Crippen molar-refractivity contribution in [2.75, 3.05) is 27.3 Å². The van der Waals surface area contributed by atoms with Gasteiger partial charge in [0.15, 0.2) is 0 Å². The van der Waals surface area contributed by atoms with Gasteiger partial charge in [-0.25, -0.2) is 4.79 Å². The summed E-state index contributed by atoms with van der Waals surface area (Å²) in [6.45, 7) is 2.72. The summed E-state index contributed by atoms with van der Waals surface area (Å²) in [4.78, 5) is 18.6. The Hall–Kier alpha value is -2.64. The normalized spacial score (nSPS) is 26.1. The van der Waals surface area contributed by atoms with Crippen molar-refractivity contribution in [3.05, 3.63) is 53.9 Å². The molecule has 7 nitrogen and oxygen atoms in total. The fourth-order valence-corrected chi connectivity index (χ4v) is 4.59. The molecule has 0 amide bonds. The summed E-state index contributed by atoms with van der Waals surface area (Å²) in [5.41, 5.74) is 1.46. The molecule has 4 rings (SSSR count). The Kier molecular flexibility index (Phi) is 6.20. The van der Waals surface area contributed by atoms with Gasteiger partial charge < -0.3 is 19.3 Å². The van der Waals surface area contributed by atoms with Crippen molar-refractivity contribution in [2.45, 2.75) is 31.6 Å². The monoisotopic (exact) mass is 412 g/mol. The molecule has 2 aromatic rings. The smallest absolute Gasteiger partial charge is 0.337 e. The van der Waals surface area contributed by atoms with E-state index < -0.39 is 12.1 Å². The van der Waals surface area contributed by atoms with Crippen LogP contribution in [-0.2, 0) is 11.3 Å². The molecular formula is C23H28N2O5. The summed E-state index contributed by atoms with van der Waals surface area (Å²) in [6.07, 6.45) is 2.46. The van der Waals surface area contributed by atoms with Gasteiger partial charge in [-0.05, 0) is 55.0 Å². The van der Waals surface area contributed by atoms with Crippen LogP contribution < -0.4 is 9.47 Å². The molecule has 1 aromatic heterocycles. The zero-order valence-electron chi connectivity index (χ0n) is 17.4. The maximum Gasteiger partial charge on any atom is 0.337 e. The maximum absolute atomic E-state index is 11.7. The first-order valence-electron chi connectivity index (χ1n) is 10.3. The molecule has 1 aromatic carbocycles. The van der Waals surface area contributed by atoms with E-state index in [1.54, 1.807) is 31.5 Å². The number of methoxy groups -OCH3 is 2. The molecule has 0 unspecified atom stereocenters. The Bertz CT molecular complexity index is 872. The number of likely N-dealkylation sites (tertiary alicyclic amines) is 1. The van der Waals surface area contributed by atoms with E-state index in [0.29, 0.717) is 23.1 Å². The minimum atomic E-state index is -0.521. The number of aromatic nitrogens is 1. The van der Waals surface area contributed by atoms with E-state index in [0.717, 1.165) is 43.9 Å². The molecule has 0 bridgehead atoms. The molecule has 160 valence electrons. The van der Waals surface area contributed by atoms with E-state index in [2.05, 4.69) is 9.88 Å². The number of hydrogen-bond acceptors (Lipinski definition) is 7. The standard InChI is InChI=1S/C23H28N2O5/c1-28-20-7-6-18(24-11-20)14-25-12-16-9-21(26)22(10-17(16)13-25)30-19-5-3-4-15(8-19)23(27)29-2/h3-8,11,16-17,21-22,26H,9-10,12-14H2,1-2H3/t16-,17+,21+,22+/m0/s1. The first kappa shape index (κ1) is 20.6. The number of rotatable bonds is 6. The van der Waals surface area contributed by atoms with Crippen molar-refractivity contribution in [3.63, 3.8) is 0 Å². The van der Waals surface area contributed by atoms with Crippen molar-refractivity contribution >= 4 is 5.97 Å². The number of carbonyl (C=O) groups excluding carboxylic acids is 1. The van der Waals surface area contributed by atoms with Gasteiger partial charge in [0.05, 0.1) is 37.8 Å². The van der Waals surface area contributed by atoms with Crippen molar-refractivity contribution in [1.29, 1.82) is 0 Å². The maximum atomic E-state index is 11.7. The van der Waals surface area contributed by atoms with E-state index in [1.807, 2.05) is 18.2 Å². The lowest BCUT2D eigenvalue weighted by Crippen LogP contribution is -2.42. The molecule has 0 radical (unpaired) electrons. The minimum Gasteiger partial charge on any atom is -0.495 e. The van der Waals surface area contributed by atoms with Crippen molar-refractivity contribution in [2.24, 2.45) is 11.8 Å². The molecule has 4 atom stereocenters. The van der Waals surface area contributed by atoms with E-state index in [4.69, 9.17) is 14.2 Å². The van der Waals surface area contributed by atoms with E-state index >= 15 is 0 Å². The topological polar surface area (TPSA) is 81.1 Å². The predicted molar refractivity (Wildman–Crippen MR) is 110 cm³/mol. The summed E-state index contributed by atoms with van der Waals surface area (Å²) in [6, 6.07) is 10.9. The Morgan fingerprint density at radius 2 is 1.93 bits per heavy atom. The summed E-state index contributed by atoms with van der Waals surface area (Å²) in [7, 11) is 2.99. The van der Waals surface area contributed by atoms with Crippen LogP contribution in [0.25, 0.3) is 0 Å². The average molecular weight is 412 g/mol. The van der Waals surface area contributed by atoms with Gasteiger partial charge >= 0.3 is 5.97 Å². The number of fused-ring (bicyclic) bond motifs is 1. The number of aliphatic hydroxyl groups is 1. The third-order valence-corrected chi connectivity index (χ3v) is 6.12. The number of nitrogens with zero attached hydrogens (tertiary/aromatic N) is 2. The zero-order valence-corrected chi connectivity index (χ0v) is 17.4. The lowest BCUT2D eigenvalue weighted by Gasteiger charge is -2.35. The molecule has 0 spiro atoms. The summed E-state index contributed by atoms with van der Waals surface area (Å²) < 4.78 is 16.0. The molecule has 7 heteroatoms. The molecule has 1 N–H and O–H groups in total. The van der Waals surface area contributed by atoms with Gasteiger partial charge in [-0.3, -0.25) is 9.88 Å². The van der Waals surface area contributed by atoms with E-state index in [1.165, 1.54) is 7.11 Å². The van der Waals surface area contributed by atoms with E-state index in [-0.39, 0.29) is 6.10 Å². The second-order valence-corrected chi connectivity index (χ2v) is 8.12. The number of pyridine rings is 1. The molecule has 1 aliphatic carbocycles. The molecule has 30 heavy (non-hydrogen) atoms. The Morgan fingerprint density at radius 3 is 2.63 bits per heavy atom. The second kappa shape index (κ2) is 9.02. The van der Waals surface area contributed by atoms with Gasteiger partial charge in [0.1, 0.15) is 17.6 Å². The Balaban J connectivity index is 1.36. The highest BCUT2D eigenvalue weighted by Crippen LogP contribution is 2.38. The van der Waals surface area contributed by atoms with Crippen LogP contribution in [0.1, 0.15) is 28.9 Å². The average Bonchev–Trinajstić information content (AvgIpc) is 3.15. The Labute approximate surface area is 176 Å². The van der Waals surface area contributed by atoms with Crippen LogP contribution >= 0.6 is 0 Å². The van der Waals surface area contributed by atoms with Crippen LogP contribution in [0.15, 0.2) is 42.6 Å². The fourth-order valence-electron chi connectivity index (χ4n) is 4.59. The summed E-state index contributed by atoms with van der Waals surface area (Å²) in [5, 5.41) is 10.7. The van der Waals surface area contributed by atoms with E-state index in [9.17, 15) is 9.90 Å². The summed E-state index contributed by atoms with van der Waals surface area (Å²) in [5.74, 6) is 1.87. The van der Waals surface area contributed by atoms with Gasteiger partial charge in [0.25, 0.3) is 0 Å². The first-order valence-corrected chi connectivity index (χ1v) is 10.3. The van der Waals surface area contributed by atoms with Crippen molar-refractivity contribution in [3.8, 4) is 11.5 Å². The van der Waals surface area contributed by atoms with Gasteiger partial charge in [0.2, 0.25) is 0 Å². The molecule has 1 aliphatic heterocycles. The number of benzene rings is 1. The molecule has 2 heterocycles. The summed E-state index contributed by atoms with van der Waals surface area (Å²) >= 11 is 0. The van der Waals surface area contributed by atoms with Gasteiger partial charge in [-0.15, -0.1) is 0 Å². The molecule has 1 saturated heterocycles. The zero-order chi connectivity index (χ0) is 21.1. The lowest BCUT2D eigenvalue weighted by atomic mass is 9.78. The van der Waals surface area contributed by atoms with Crippen LogP contribution in [0.3, 0.4) is 0 Å².